The summed E-state index contributed by atoms with van der Waals surface area (Å²) in [5, 5.41) is 1.11. The van der Waals surface area contributed by atoms with Crippen molar-refractivity contribution >= 4 is 27.7 Å². The summed E-state index contributed by atoms with van der Waals surface area (Å²) in [6.45, 7) is 9.13. The van der Waals surface area contributed by atoms with Crippen molar-refractivity contribution < 1.29 is 4.79 Å². The van der Waals surface area contributed by atoms with E-state index >= 15 is 0 Å². The van der Waals surface area contributed by atoms with Crippen LogP contribution in [0.2, 0.25) is 31.0 Å². The predicted molar refractivity (Wildman–Crippen MR) is 74.2 cm³/mol. The molecule has 0 N–H and O–H groups in total. The summed E-state index contributed by atoms with van der Waals surface area (Å²) in [7, 11) is -0.971. The molecule has 0 aliphatic carbocycles. The molecule has 0 fully saturated rings. The van der Waals surface area contributed by atoms with Crippen LogP contribution in [0.1, 0.15) is 15.9 Å². The van der Waals surface area contributed by atoms with E-state index in [1.165, 1.54) is 11.6 Å². The van der Waals surface area contributed by atoms with E-state index in [9.17, 15) is 4.79 Å². The SMILES string of the molecule is Cc1ccc(C(=O)[Se]CC[Si](C)(C)C)cc1. The first-order valence-electron chi connectivity index (χ1n) is 5.62. The van der Waals surface area contributed by atoms with Gasteiger partial charge in [-0.2, -0.15) is 0 Å². The third kappa shape index (κ3) is 5.11. The molecule has 0 bridgehead atoms. The van der Waals surface area contributed by atoms with Crippen LogP contribution in [0.5, 0.6) is 0 Å². The van der Waals surface area contributed by atoms with Crippen LogP contribution >= 0.6 is 0 Å². The number of hydrogen-bond acceptors (Lipinski definition) is 1. The summed E-state index contributed by atoms with van der Waals surface area (Å²) in [6.07, 6.45) is 0. The summed E-state index contributed by atoms with van der Waals surface area (Å²) < 4.78 is 0.353. The predicted octanol–water partition coefficient (Wildman–Crippen LogP) is 3.60. The fourth-order valence-corrected chi connectivity index (χ4v) is 7.46. The number of aryl methyl sites for hydroxylation is 1. The standard InChI is InChI=1S/C13H20OSeSi/c1-11-5-7-12(8-6-11)13(14)15-9-10-16(2,3)4/h5-8H,9-10H2,1-4H3. The fraction of sp³-hybridized carbons (Fsp3) is 0.462. The van der Waals surface area contributed by atoms with Gasteiger partial charge in [-0.25, -0.2) is 0 Å². The molecule has 0 aliphatic rings. The van der Waals surface area contributed by atoms with Gasteiger partial charge < -0.3 is 0 Å². The van der Waals surface area contributed by atoms with Crippen molar-refractivity contribution in [2.75, 3.05) is 0 Å². The third-order valence-electron chi connectivity index (χ3n) is 2.37. The molecule has 0 saturated heterocycles. The second kappa shape index (κ2) is 5.81. The second-order valence-electron chi connectivity index (χ2n) is 5.31. The number of carbonyl (C=O) groups is 1. The van der Waals surface area contributed by atoms with Crippen molar-refractivity contribution in [2.24, 2.45) is 0 Å². The average molecular weight is 299 g/mol. The van der Waals surface area contributed by atoms with Crippen LogP contribution in [0.25, 0.3) is 0 Å². The van der Waals surface area contributed by atoms with Crippen molar-refractivity contribution in [1.82, 2.24) is 0 Å². The summed E-state index contributed by atoms with van der Waals surface area (Å²) in [5.41, 5.74) is 2.10. The minimum atomic E-state index is -0.971. The van der Waals surface area contributed by atoms with Gasteiger partial charge in [0.1, 0.15) is 0 Å². The van der Waals surface area contributed by atoms with E-state index in [4.69, 9.17) is 0 Å². The van der Waals surface area contributed by atoms with Gasteiger partial charge in [-0.1, -0.05) is 0 Å². The summed E-state index contributed by atoms with van der Waals surface area (Å²) in [5.74, 6) is 0. The molecule has 0 atom stereocenters. The molecule has 0 aliphatic heterocycles. The normalized spacial score (nSPS) is 11.5. The molecule has 16 heavy (non-hydrogen) atoms. The minimum absolute atomic E-state index is 0.134. The molecular formula is C13H20OSeSi. The zero-order valence-electron chi connectivity index (χ0n) is 10.5. The van der Waals surface area contributed by atoms with E-state index in [0.717, 1.165) is 10.9 Å². The van der Waals surface area contributed by atoms with E-state index in [2.05, 4.69) is 19.6 Å². The van der Waals surface area contributed by atoms with Gasteiger partial charge in [0.15, 0.2) is 0 Å². The van der Waals surface area contributed by atoms with Gasteiger partial charge in [0, 0.05) is 0 Å². The average Bonchev–Trinajstić information content (AvgIpc) is 2.16. The van der Waals surface area contributed by atoms with Crippen LogP contribution in [0.3, 0.4) is 0 Å². The van der Waals surface area contributed by atoms with Crippen LogP contribution in [0, 0.1) is 6.92 Å². The Morgan fingerprint density at radius 3 is 2.25 bits per heavy atom. The number of rotatable bonds is 5. The van der Waals surface area contributed by atoms with Crippen molar-refractivity contribution in [3.8, 4) is 0 Å². The molecule has 0 saturated carbocycles. The molecule has 1 nitrogen and oxygen atoms in total. The van der Waals surface area contributed by atoms with E-state index in [-0.39, 0.29) is 15.0 Å². The Bertz CT molecular complexity index is 351. The Labute approximate surface area is 106 Å². The van der Waals surface area contributed by atoms with E-state index in [0.29, 0.717) is 4.68 Å². The quantitative estimate of drug-likeness (QED) is 0.759. The van der Waals surface area contributed by atoms with E-state index in [1.54, 1.807) is 0 Å². The van der Waals surface area contributed by atoms with Crippen molar-refractivity contribution in [3.63, 3.8) is 0 Å². The van der Waals surface area contributed by atoms with Gasteiger partial charge in [0.25, 0.3) is 0 Å². The summed E-state index contributed by atoms with van der Waals surface area (Å²) in [4.78, 5) is 11.9. The number of hydrogen-bond donors (Lipinski definition) is 0. The number of benzene rings is 1. The van der Waals surface area contributed by atoms with Crippen molar-refractivity contribution in [1.29, 1.82) is 0 Å². The zero-order valence-corrected chi connectivity index (χ0v) is 13.3. The van der Waals surface area contributed by atoms with Gasteiger partial charge in [0.05, 0.1) is 0 Å². The zero-order chi connectivity index (χ0) is 12.2. The molecule has 0 radical (unpaired) electrons. The van der Waals surface area contributed by atoms with Crippen molar-refractivity contribution in [3.05, 3.63) is 35.4 Å². The molecule has 1 rings (SSSR count). The van der Waals surface area contributed by atoms with E-state index < -0.39 is 8.07 Å². The van der Waals surface area contributed by atoms with Gasteiger partial charge in [-0.3, -0.25) is 0 Å². The van der Waals surface area contributed by atoms with Gasteiger partial charge >= 0.3 is 106 Å². The topological polar surface area (TPSA) is 17.1 Å². The molecular weight excluding hydrogens is 279 g/mol. The Balaban J connectivity index is 2.44. The first-order chi connectivity index (χ1) is 7.38. The first-order valence-corrected chi connectivity index (χ1v) is 11.4. The second-order valence-corrected chi connectivity index (χ2v) is 13.2. The summed E-state index contributed by atoms with van der Waals surface area (Å²) >= 11 is 0.134. The monoisotopic (exact) mass is 300 g/mol. The van der Waals surface area contributed by atoms with Gasteiger partial charge in [-0.15, -0.1) is 0 Å². The van der Waals surface area contributed by atoms with Crippen LogP contribution in [-0.2, 0) is 0 Å². The van der Waals surface area contributed by atoms with Crippen LogP contribution in [-0.4, -0.2) is 27.7 Å². The maximum atomic E-state index is 11.9. The Kier molecular flexibility index (Phi) is 4.97. The molecule has 88 valence electrons. The Morgan fingerprint density at radius 1 is 1.19 bits per heavy atom. The van der Waals surface area contributed by atoms with Crippen LogP contribution in [0.4, 0.5) is 0 Å². The van der Waals surface area contributed by atoms with E-state index in [1.807, 2.05) is 31.2 Å². The van der Waals surface area contributed by atoms with Crippen LogP contribution in [0.15, 0.2) is 24.3 Å². The van der Waals surface area contributed by atoms with Crippen molar-refractivity contribution in [2.45, 2.75) is 37.9 Å². The molecule has 0 spiro atoms. The maximum absolute atomic E-state index is 11.9. The van der Waals surface area contributed by atoms with Gasteiger partial charge in [0.2, 0.25) is 0 Å². The Morgan fingerprint density at radius 2 is 1.75 bits per heavy atom. The first kappa shape index (κ1) is 13.7. The Hall–Kier alpha value is -0.374. The molecule has 0 unspecified atom stereocenters. The number of carbonyl (C=O) groups excluding carboxylic acids is 1. The molecule has 0 heterocycles. The third-order valence-corrected chi connectivity index (χ3v) is 6.83. The molecule has 3 heteroatoms. The molecule has 0 amide bonds. The molecule has 0 aromatic heterocycles. The van der Waals surface area contributed by atoms with Crippen LogP contribution < -0.4 is 0 Å². The van der Waals surface area contributed by atoms with Gasteiger partial charge in [-0.05, 0) is 0 Å². The fourth-order valence-electron chi connectivity index (χ4n) is 1.22. The summed E-state index contributed by atoms with van der Waals surface area (Å²) in [6, 6.07) is 9.20. The molecule has 1 aromatic rings. The molecule has 1 aromatic carbocycles.